The van der Waals surface area contributed by atoms with Crippen molar-refractivity contribution in [1.29, 1.82) is 0 Å². The lowest BCUT2D eigenvalue weighted by molar-refractivity contribution is -0.121. The van der Waals surface area contributed by atoms with Crippen LogP contribution in [0.5, 0.6) is 0 Å². The first-order valence-electron chi connectivity index (χ1n) is 7.88. The molecule has 0 bridgehead atoms. The fourth-order valence-corrected chi connectivity index (χ4v) is 2.87. The molecular formula is C18H20N6O. The Hall–Kier alpha value is -3.09. The highest BCUT2D eigenvalue weighted by Gasteiger charge is 2.45. The van der Waals surface area contributed by atoms with Crippen LogP contribution in [0.25, 0.3) is 11.1 Å². The van der Waals surface area contributed by atoms with Crippen molar-refractivity contribution in [2.75, 3.05) is 11.9 Å². The summed E-state index contributed by atoms with van der Waals surface area (Å²) < 4.78 is 0. The molecule has 2 N–H and O–H groups in total. The summed E-state index contributed by atoms with van der Waals surface area (Å²) in [4.78, 5) is 30.6. The topological polar surface area (TPSA) is 96.8 Å². The average molecular weight is 336 g/mol. The third-order valence-electron chi connectivity index (χ3n) is 4.30. The summed E-state index contributed by atoms with van der Waals surface area (Å²) in [7, 11) is 1.59. The molecule has 0 spiro atoms. The fourth-order valence-electron chi connectivity index (χ4n) is 2.87. The van der Waals surface area contributed by atoms with Crippen LogP contribution >= 0.6 is 0 Å². The van der Waals surface area contributed by atoms with Crippen LogP contribution in [0.4, 0.5) is 5.69 Å². The van der Waals surface area contributed by atoms with Gasteiger partial charge >= 0.3 is 0 Å². The van der Waals surface area contributed by atoms with E-state index >= 15 is 0 Å². The zero-order valence-electron chi connectivity index (χ0n) is 14.7. The number of hydrogen-bond donors (Lipinski definition) is 1. The van der Waals surface area contributed by atoms with E-state index in [1.54, 1.807) is 19.4 Å². The highest BCUT2D eigenvalue weighted by Crippen LogP contribution is 2.43. The summed E-state index contributed by atoms with van der Waals surface area (Å²) in [6.07, 6.45) is 4.85. The van der Waals surface area contributed by atoms with Crippen LogP contribution in [0.2, 0.25) is 0 Å². The maximum atomic E-state index is 12.9. The smallest absolute Gasteiger partial charge is 0.244 e. The molecule has 1 aromatic heterocycles. The van der Waals surface area contributed by atoms with Gasteiger partial charge in [-0.05, 0) is 38.0 Å². The van der Waals surface area contributed by atoms with Crippen LogP contribution in [-0.4, -0.2) is 35.2 Å². The zero-order valence-corrected chi connectivity index (χ0v) is 14.7. The zero-order chi connectivity index (χ0) is 18.2. The maximum absolute atomic E-state index is 12.9. The molecule has 0 saturated heterocycles. The molecule has 0 radical (unpaired) electrons. The molecule has 1 amide bonds. The molecule has 2 aromatic rings. The molecule has 0 aliphatic carbocycles. The number of carbonyl (C=O) groups excluding carboxylic acids is 1. The van der Waals surface area contributed by atoms with Gasteiger partial charge in [-0.3, -0.25) is 9.79 Å². The minimum atomic E-state index is -0.679. The fraction of sp³-hybridized carbons (Fsp3) is 0.278. The third-order valence-corrected chi connectivity index (χ3v) is 4.30. The van der Waals surface area contributed by atoms with Crippen LogP contribution in [-0.2, 0) is 10.2 Å². The first-order chi connectivity index (χ1) is 11.9. The quantitative estimate of drug-likeness (QED) is 0.670. The Balaban J connectivity index is 2.14. The van der Waals surface area contributed by atoms with Crippen molar-refractivity contribution in [2.24, 2.45) is 15.7 Å². The summed E-state index contributed by atoms with van der Waals surface area (Å²) in [5, 5.41) is 0. The second-order valence-electron chi connectivity index (χ2n) is 6.38. The number of carbonyl (C=O) groups is 1. The predicted octanol–water partition coefficient (Wildman–Crippen LogP) is 2.05. The molecule has 0 atom stereocenters. The summed E-state index contributed by atoms with van der Waals surface area (Å²) in [6, 6.07) is 5.83. The van der Waals surface area contributed by atoms with Gasteiger partial charge in [0.05, 0.1) is 11.1 Å². The molecule has 2 heterocycles. The minimum Gasteiger partial charge on any atom is -0.369 e. The number of nitrogens with zero attached hydrogens (tertiary/aromatic N) is 5. The summed E-state index contributed by atoms with van der Waals surface area (Å²) in [5.74, 6) is 0.684. The van der Waals surface area contributed by atoms with Gasteiger partial charge in [-0.2, -0.15) is 0 Å². The number of fused-ring (bicyclic) bond motifs is 1. The average Bonchev–Trinajstić information content (AvgIpc) is 2.79. The Labute approximate surface area is 146 Å². The molecule has 0 saturated carbocycles. The molecule has 3 rings (SSSR count). The number of aromatic nitrogens is 2. The van der Waals surface area contributed by atoms with E-state index in [1.165, 1.54) is 11.2 Å². The molecule has 7 nitrogen and oxygen atoms in total. The van der Waals surface area contributed by atoms with Gasteiger partial charge in [-0.1, -0.05) is 12.1 Å². The van der Waals surface area contributed by atoms with Crippen molar-refractivity contribution >= 4 is 23.9 Å². The first kappa shape index (κ1) is 16.8. The van der Waals surface area contributed by atoms with Crippen molar-refractivity contribution in [3.05, 3.63) is 42.0 Å². The number of benzene rings is 1. The van der Waals surface area contributed by atoms with E-state index < -0.39 is 5.41 Å². The molecule has 1 aliphatic heterocycles. The third kappa shape index (κ3) is 2.77. The van der Waals surface area contributed by atoms with E-state index in [9.17, 15) is 4.79 Å². The van der Waals surface area contributed by atoms with Gasteiger partial charge in [0.1, 0.15) is 12.2 Å². The number of guanidine groups is 1. The van der Waals surface area contributed by atoms with Gasteiger partial charge in [0, 0.05) is 25.0 Å². The SMILES string of the molecule is CN=CN=C(N)N1C(=O)C(C)(C)c2ccc(-c3cnc(C)nc3)cc21. The van der Waals surface area contributed by atoms with Gasteiger partial charge in [0.25, 0.3) is 0 Å². The van der Waals surface area contributed by atoms with E-state index in [2.05, 4.69) is 20.0 Å². The van der Waals surface area contributed by atoms with Gasteiger partial charge in [0.15, 0.2) is 0 Å². The molecular weight excluding hydrogens is 316 g/mol. The van der Waals surface area contributed by atoms with Crippen molar-refractivity contribution in [2.45, 2.75) is 26.2 Å². The normalized spacial score (nSPS) is 16.6. The van der Waals surface area contributed by atoms with Crippen LogP contribution in [0.3, 0.4) is 0 Å². The Kier molecular flexibility index (Phi) is 4.08. The van der Waals surface area contributed by atoms with E-state index in [-0.39, 0.29) is 11.9 Å². The Morgan fingerprint density at radius 2 is 1.92 bits per heavy atom. The summed E-state index contributed by atoms with van der Waals surface area (Å²) in [5.41, 5.74) is 8.76. The largest absolute Gasteiger partial charge is 0.369 e. The lowest BCUT2D eigenvalue weighted by Gasteiger charge is -2.19. The molecule has 1 aliphatic rings. The van der Waals surface area contributed by atoms with Crippen molar-refractivity contribution < 1.29 is 4.79 Å². The van der Waals surface area contributed by atoms with E-state index in [0.29, 0.717) is 5.82 Å². The van der Waals surface area contributed by atoms with E-state index in [1.807, 2.05) is 39.0 Å². The number of aliphatic imine (C=N–C) groups is 2. The lowest BCUT2D eigenvalue weighted by atomic mass is 9.85. The Morgan fingerprint density at radius 3 is 2.56 bits per heavy atom. The molecule has 0 unspecified atom stereocenters. The van der Waals surface area contributed by atoms with Gasteiger partial charge in [-0.25, -0.2) is 19.9 Å². The van der Waals surface area contributed by atoms with Gasteiger partial charge < -0.3 is 5.73 Å². The van der Waals surface area contributed by atoms with Gasteiger partial charge in [0.2, 0.25) is 11.9 Å². The Morgan fingerprint density at radius 1 is 1.24 bits per heavy atom. The number of anilines is 1. The monoisotopic (exact) mass is 336 g/mol. The predicted molar refractivity (Wildman–Crippen MR) is 98.8 cm³/mol. The second kappa shape index (κ2) is 6.08. The van der Waals surface area contributed by atoms with Crippen LogP contribution in [0.1, 0.15) is 25.2 Å². The highest BCUT2D eigenvalue weighted by atomic mass is 16.2. The maximum Gasteiger partial charge on any atom is 0.244 e. The van der Waals surface area contributed by atoms with Crippen LogP contribution < -0.4 is 10.6 Å². The second-order valence-corrected chi connectivity index (χ2v) is 6.38. The van der Waals surface area contributed by atoms with Crippen LogP contribution in [0, 0.1) is 6.92 Å². The first-order valence-corrected chi connectivity index (χ1v) is 7.88. The molecule has 0 fully saturated rings. The molecule has 128 valence electrons. The molecule has 1 aromatic carbocycles. The standard InChI is InChI=1S/C18H20N6O/c1-11-21-8-13(9-22-11)12-5-6-14-15(7-12)24(16(25)18(14,2)3)17(19)23-10-20-4/h5-10H,1-4H3,(H2,19,20,23). The van der Waals surface area contributed by atoms with Gasteiger partial charge in [-0.15, -0.1) is 0 Å². The van der Waals surface area contributed by atoms with Crippen molar-refractivity contribution in [3.8, 4) is 11.1 Å². The lowest BCUT2D eigenvalue weighted by Crippen LogP contribution is -2.44. The molecule has 25 heavy (non-hydrogen) atoms. The number of amides is 1. The summed E-state index contributed by atoms with van der Waals surface area (Å²) in [6.45, 7) is 5.59. The Bertz CT molecular complexity index is 883. The van der Waals surface area contributed by atoms with Crippen molar-refractivity contribution in [1.82, 2.24) is 9.97 Å². The number of rotatable bonds is 2. The number of nitrogens with two attached hydrogens (primary N) is 1. The van der Waals surface area contributed by atoms with E-state index in [0.717, 1.165) is 22.4 Å². The number of hydrogen-bond acceptors (Lipinski definition) is 4. The minimum absolute atomic E-state index is 0.0970. The van der Waals surface area contributed by atoms with E-state index in [4.69, 9.17) is 5.73 Å². The highest BCUT2D eigenvalue weighted by molar-refractivity contribution is 6.24. The van der Waals surface area contributed by atoms with Crippen LogP contribution in [0.15, 0.2) is 40.6 Å². The van der Waals surface area contributed by atoms with Crippen molar-refractivity contribution in [3.63, 3.8) is 0 Å². The molecule has 7 heteroatoms. The summed E-state index contributed by atoms with van der Waals surface area (Å²) >= 11 is 0. The number of aryl methyl sites for hydroxylation is 1.